The molecule has 0 unspecified atom stereocenters. The number of nitrogens with zero attached hydrogens (tertiary/aromatic N) is 3. The number of hydrogen-bond acceptors (Lipinski definition) is 4. The standard InChI is InChI=1S/C20H22ClN3OS.ClH/c1-13-8-9-15(12-14(13)2)19(25)24(11-10-23(3)4)20-22-18-16(21)6-5-7-17(18)26-20;/h5-9,12H,10-11H2,1-4H3;1H. The Hall–Kier alpha value is -1.66. The Morgan fingerprint density at radius 1 is 1.11 bits per heavy atom. The minimum Gasteiger partial charge on any atom is -0.308 e. The van der Waals surface area contributed by atoms with Gasteiger partial charge in [-0.15, -0.1) is 12.4 Å². The van der Waals surface area contributed by atoms with E-state index in [0.717, 1.165) is 22.3 Å². The Morgan fingerprint density at radius 3 is 2.48 bits per heavy atom. The van der Waals surface area contributed by atoms with Crippen molar-refractivity contribution in [2.24, 2.45) is 0 Å². The fourth-order valence-corrected chi connectivity index (χ4v) is 3.92. The average molecular weight is 424 g/mol. The van der Waals surface area contributed by atoms with Gasteiger partial charge in [-0.1, -0.05) is 35.1 Å². The molecule has 0 bridgehead atoms. The van der Waals surface area contributed by atoms with Crippen molar-refractivity contribution >= 4 is 56.6 Å². The van der Waals surface area contributed by atoms with Crippen LogP contribution < -0.4 is 4.90 Å². The zero-order valence-corrected chi connectivity index (χ0v) is 18.2. The molecule has 0 saturated heterocycles. The maximum Gasteiger partial charge on any atom is 0.260 e. The highest BCUT2D eigenvalue weighted by Crippen LogP contribution is 2.33. The summed E-state index contributed by atoms with van der Waals surface area (Å²) in [5.74, 6) is -0.0369. The summed E-state index contributed by atoms with van der Waals surface area (Å²) in [5, 5.41) is 1.29. The van der Waals surface area contributed by atoms with Crippen LogP contribution in [0.25, 0.3) is 10.2 Å². The van der Waals surface area contributed by atoms with Gasteiger partial charge in [0.15, 0.2) is 5.13 Å². The highest BCUT2D eigenvalue weighted by molar-refractivity contribution is 7.22. The molecule has 4 nitrogen and oxygen atoms in total. The van der Waals surface area contributed by atoms with E-state index in [2.05, 4.69) is 9.88 Å². The Kier molecular flexibility index (Phi) is 7.23. The third-order valence-electron chi connectivity index (χ3n) is 4.36. The van der Waals surface area contributed by atoms with E-state index in [9.17, 15) is 4.79 Å². The summed E-state index contributed by atoms with van der Waals surface area (Å²) < 4.78 is 0.982. The van der Waals surface area contributed by atoms with Crippen LogP contribution in [0.5, 0.6) is 0 Å². The van der Waals surface area contributed by atoms with E-state index < -0.39 is 0 Å². The van der Waals surface area contributed by atoms with Crippen LogP contribution in [0.3, 0.4) is 0 Å². The van der Waals surface area contributed by atoms with Crippen molar-refractivity contribution in [1.82, 2.24) is 9.88 Å². The number of rotatable bonds is 5. The smallest absolute Gasteiger partial charge is 0.260 e. The fourth-order valence-electron chi connectivity index (χ4n) is 2.63. The van der Waals surface area contributed by atoms with Crippen LogP contribution in [0.1, 0.15) is 21.5 Å². The molecule has 7 heteroatoms. The first-order valence-corrected chi connectivity index (χ1v) is 9.65. The van der Waals surface area contributed by atoms with E-state index in [4.69, 9.17) is 11.6 Å². The topological polar surface area (TPSA) is 36.4 Å². The number of carbonyl (C=O) groups is 1. The molecule has 2 aromatic carbocycles. The summed E-state index contributed by atoms with van der Waals surface area (Å²) in [6.07, 6.45) is 0. The number of thiazole rings is 1. The maximum absolute atomic E-state index is 13.2. The van der Waals surface area contributed by atoms with Crippen molar-refractivity contribution in [3.8, 4) is 0 Å². The summed E-state index contributed by atoms with van der Waals surface area (Å²) in [7, 11) is 3.99. The fraction of sp³-hybridized carbons (Fsp3) is 0.300. The number of fused-ring (bicyclic) bond motifs is 1. The summed E-state index contributed by atoms with van der Waals surface area (Å²) in [4.78, 5) is 21.7. The predicted molar refractivity (Wildman–Crippen MR) is 118 cm³/mol. The number of halogens is 2. The Morgan fingerprint density at radius 2 is 1.85 bits per heavy atom. The zero-order valence-electron chi connectivity index (χ0n) is 15.8. The molecule has 0 aliphatic heterocycles. The minimum atomic E-state index is -0.0369. The predicted octanol–water partition coefficient (Wildman–Crippen LogP) is 5.20. The molecule has 0 fully saturated rings. The third-order valence-corrected chi connectivity index (χ3v) is 5.71. The Bertz CT molecular complexity index is 956. The molecule has 27 heavy (non-hydrogen) atoms. The summed E-state index contributed by atoms with van der Waals surface area (Å²) in [6.45, 7) is 5.38. The first-order valence-electron chi connectivity index (χ1n) is 8.45. The molecule has 0 aliphatic carbocycles. The second-order valence-electron chi connectivity index (χ2n) is 6.64. The number of aryl methyl sites for hydroxylation is 2. The van der Waals surface area contributed by atoms with Crippen LogP contribution in [0.2, 0.25) is 5.02 Å². The average Bonchev–Trinajstić information content (AvgIpc) is 3.02. The van der Waals surface area contributed by atoms with Gasteiger partial charge >= 0.3 is 0 Å². The van der Waals surface area contributed by atoms with Gasteiger partial charge < -0.3 is 4.90 Å². The van der Waals surface area contributed by atoms with Crippen LogP contribution in [0.4, 0.5) is 5.13 Å². The molecule has 0 aliphatic rings. The lowest BCUT2D eigenvalue weighted by Crippen LogP contribution is -2.36. The number of para-hydroxylation sites is 1. The Balaban J connectivity index is 0.00000261. The largest absolute Gasteiger partial charge is 0.308 e. The van der Waals surface area contributed by atoms with Gasteiger partial charge in [0, 0.05) is 18.7 Å². The molecule has 1 aromatic heterocycles. The molecule has 0 atom stereocenters. The van der Waals surface area contributed by atoms with Crippen molar-refractivity contribution in [1.29, 1.82) is 0 Å². The first kappa shape index (κ1) is 21.6. The Labute approximate surface area is 175 Å². The summed E-state index contributed by atoms with van der Waals surface area (Å²) in [5.41, 5.74) is 3.71. The SMILES string of the molecule is Cc1ccc(C(=O)N(CCN(C)C)c2nc3c(Cl)cccc3s2)cc1C.Cl. The molecular weight excluding hydrogens is 401 g/mol. The third kappa shape index (κ3) is 4.79. The first-order chi connectivity index (χ1) is 12.4. The molecule has 0 spiro atoms. The molecule has 0 radical (unpaired) electrons. The quantitative estimate of drug-likeness (QED) is 0.565. The number of likely N-dealkylation sites (N-methyl/N-ethyl adjacent to an activating group) is 1. The lowest BCUT2D eigenvalue weighted by atomic mass is 10.1. The number of benzene rings is 2. The van der Waals surface area contributed by atoms with Gasteiger partial charge in [-0.3, -0.25) is 9.69 Å². The monoisotopic (exact) mass is 423 g/mol. The molecular formula is C20H23Cl2N3OS. The maximum atomic E-state index is 13.2. The van der Waals surface area contributed by atoms with E-state index in [1.165, 1.54) is 16.9 Å². The van der Waals surface area contributed by atoms with E-state index in [-0.39, 0.29) is 18.3 Å². The number of hydrogen-bond donors (Lipinski definition) is 0. The van der Waals surface area contributed by atoms with Gasteiger partial charge in [0.1, 0.15) is 5.52 Å². The van der Waals surface area contributed by atoms with Crippen LogP contribution in [-0.4, -0.2) is 43.0 Å². The zero-order chi connectivity index (χ0) is 18.8. The number of amides is 1. The molecule has 0 N–H and O–H groups in total. The van der Waals surface area contributed by atoms with Crippen molar-refractivity contribution in [3.05, 3.63) is 58.1 Å². The van der Waals surface area contributed by atoms with Crippen molar-refractivity contribution in [3.63, 3.8) is 0 Å². The lowest BCUT2D eigenvalue weighted by molar-refractivity contribution is 0.0985. The van der Waals surface area contributed by atoms with Crippen molar-refractivity contribution in [2.75, 3.05) is 32.1 Å². The number of carbonyl (C=O) groups excluding carboxylic acids is 1. The second-order valence-corrected chi connectivity index (χ2v) is 8.06. The normalized spacial score (nSPS) is 10.9. The minimum absolute atomic E-state index is 0. The highest BCUT2D eigenvalue weighted by Gasteiger charge is 2.22. The molecule has 3 rings (SSSR count). The van der Waals surface area contributed by atoms with Gasteiger partial charge in [0.05, 0.1) is 9.72 Å². The van der Waals surface area contributed by atoms with Gasteiger partial charge in [0.25, 0.3) is 5.91 Å². The van der Waals surface area contributed by atoms with Gasteiger partial charge in [-0.05, 0) is 63.3 Å². The number of anilines is 1. The van der Waals surface area contributed by atoms with Gasteiger partial charge in [0.2, 0.25) is 0 Å². The van der Waals surface area contributed by atoms with E-state index in [1.807, 2.05) is 64.3 Å². The molecule has 1 amide bonds. The summed E-state index contributed by atoms with van der Waals surface area (Å²) in [6, 6.07) is 11.5. The lowest BCUT2D eigenvalue weighted by Gasteiger charge is -2.22. The van der Waals surface area contributed by atoms with E-state index in [0.29, 0.717) is 22.3 Å². The van der Waals surface area contributed by atoms with E-state index in [1.54, 1.807) is 4.90 Å². The second kappa shape index (κ2) is 9.02. The summed E-state index contributed by atoms with van der Waals surface area (Å²) >= 11 is 7.76. The van der Waals surface area contributed by atoms with Crippen LogP contribution in [0, 0.1) is 13.8 Å². The van der Waals surface area contributed by atoms with E-state index >= 15 is 0 Å². The van der Waals surface area contributed by atoms with Crippen molar-refractivity contribution < 1.29 is 4.79 Å². The number of aromatic nitrogens is 1. The molecule has 3 aromatic rings. The van der Waals surface area contributed by atoms with Gasteiger partial charge in [-0.2, -0.15) is 0 Å². The van der Waals surface area contributed by atoms with Crippen molar-refractivity contribution in [2.45, 2.75) is 13.8 Å². The molecule has 0 saturated carbocycles. The molecule has 1 heterocycles. The van der Waals surface area contributed by atoms with Crippen LogP contribution in [0.15, 0.2) is 36.4 Å². The van der Waals surface area contributed by atoms with Gasteiger partial charge in [-0.25, -0.2) is 4.98 Å². The van der Waals surface area contributed by atoms with Crippen LogP contribution >= 0.6 is 35.3 Å². The van der Waals surface area contributed by atoms with Crippen LogP contribution in [-0.2, 0) is 0 Å². The highest BCUT2D eigenvalue weighted by atomic mass is 35.5. The molecule has 144 valence electrons.